The Hall–Kier alpha value is -2.69. The molecule has 1 amide bonds. The molecule has 0 aliphatic carbocycles. The number of anilines is 1. The molecule has 0 fully saturated rings. The van der Waals surface area contributed by atoms with E-state index in [-0.39, 0.29) is 11.7 Å². The average molecular weight is 458 g/mol. The summed E-state index contributed by atoms with van der Waals surface area (Å²) in [6.07, 6.45) is 2.62. The molecular weight excluding hydrogens is 438 g/mol. The first-order valence-corrected chi connectivity index (χ1v) is 11.9. The Morgan fingerprint density at radius 1 is 1.23 bits per heavy atom. The van der Waals surface area contributed by atoms with Crippen molar-refractivity contribution in [3.8, 4) is 17.0 Å². The van der Waals surface area contributed by atoms with Crippen LogP contribution < -0.4 is 10.1 Å². The minimum atomic E-state index is -0.122. The number of aromatic nitrogens is 4. The van der Waals surface area contributed by atoms with Crippen LogP contribution in [0, 0.1) is 0 Å². The summed E-state index contributed by atoms with van der Waals surface area (Å²) in [6, 6.07) is 11.8. The highest BCUT2D eigenvalue weighted by molar-refractivity contribution is 7.99. The molecule has 4 aromatic rings. The van der Waals surface area contributed by atoms with Crippen LogP contribution in [0.3, 0.4) is 0 Å². The smallest absolute Gasteiger partial charge is 0.236 e. The van der Waals surface area contributed by atoms with Gasteiger partial charge in [0.05, 0.1) is 18.6 Å². The SMILES string of the molecule is COc1ccc(-c2csc(NC(=O)CSc3nncn3CCc3cccs3)n2)cc1. The second-order valence-corrected chi connectivity index (χ2v) is 9.07. The largest absolute Gasteiger partial charge is 0.497 e. The van der Waals surface area contributed by atoms with Crippen LogP contribution in [0.25, 0.3) is 11.3 Å². The summed E-state index contributed by atoms with van der Waals surface area (Å²) in [5, 5.41) is 16.3. The molecule has 30 heavy (non-hydrogen) atoms. The predicted octanol–water partition coefficient (Wildman–Crippen LogP) is 4.45. The highest BCUT2D eigenvalue weighted by atomic mass is 32.2. The molecule has 3 aromatic heterocycles. The van der Waals surface area contributed by atoms with Gasteiger partial charge >= 0.3 is 0 Å². The molecule has 0 aliphatic rings. The van der Waals surface area contributed by atoms with Crippen LogP contribution in [0.4, 0.5) is 5.13 Å². The second kappa shape index (κ2) is 9.88. The van der Waals surface area contributed by atoms with Gasteiger partial charge < -0.3 is 14.6 Å². The van der Waals surface area contributed by atoms with E-state index < -0.39 is 0 Å². The Morgan fingerprint density at radius 2 is 2.10 bits per heavy atom. The highest BCUT2D eigenvalue weighted by Gasteiger charge is 2.12. The summed E-state index contributed by atoms with van der Waals surface area (Å²) >= 11 is 4.50. The monoisotopic (exact) mass is 457 g/mol. The number of carbonyl (C=O) groups excluding carboxylic acids is 1. The van der Waals surface area contributed by atoms with Gasteiger partial charge in [0.1, 0.15) is 12.1 Å². The van der Waals surface area contributed by atoms with Crippen molar-refractivity contribution in [2.45, 2.75) is 18.1 Å². The van der Waals surface area contributed by atoms with E-state index in [4.69, 9.17) is 4.74 Å². The van der Waals surface area contributed by atoms with Crippen molar-refractivity contribution in [1.82, 2.24) is 19.7 Å². The molecule has 0 atom stereocenters. The summed E-state index contributed by atoms with van der Waals surface area (Å²) in [5.41, 5.74) is 1.79. The predicted molar refractivity (Wildman–Crippen MR) is 122 cm³/mol. The van der Waals surface area contributed by atoms with Gasteiger partial charge in [-0.05, 0) is 42.1 Å². The summed E-state index contributed by atoms with van der Waals surface area (Å²) in [7, 11) is 1.63. The van der Waals surface area contributed by atoms with Crippen molar-refractivity contribution in [3.63, 3.8) is 0 Å². The Kier molecular flexibility index (Phi) is 6.77. The normalized spacial score (nSPS) is 10.8. The van der Waals surface area contributed by atoms with Crippen LogP contribution in [0.2, 0.25) is 0 Å². The molecule has 3 heterocycles. The lowest BCUT2D eigenvalue weighted by atomic mass is 10.2. The van der Waals surface area contributed by atoms with E-state index in [0.717, 1.165) is 35.1 Å². The molecule has 7 nitrogen and oxygen atoms in total. The number of rotatable bonds is 9. The molecule has 0 saturated carbocycles. The number of carbonyl (C=O) groups is 1. The van der Waals surface area contributed by atoms with E-state index in [1.807, 2.05) is 40.3 Å². The molecule has 0 spiro atoms. The zero-order valence-corrected chi connectivity index (χ0v) is 18.6. The van der Waals surface area contributed by atoms with Crippen molar-refractivity contribution < 1.29 is 9.53 Å². The van der Waals surface area contributed by atoms with Crippen LogP contribution in [-0.2, 0) is 17.8 Å². The van der Waals surface area contributed by atoms with Crippen LogP contribution in [0.5, 0.6) is 5.75 Å². The number of thioether (sulfide) groups is 1. The quantitative estimate of drug-likeness (QED) is 0.374. The minimum absolute atomic E-state index is 0.122. The number of amides is 1. The number of nitrogens with zero attached hydrogens (tertiary/aromatic N) is 4. The van der Waals surface area contributed by atoms with Crippen LogP contribution in [-0.4, -0.2) is 38.5 Å². The summed E-state index contributed by atoms with van der Waals surface area (Å²) in [5.74, 6) is 0.918. The maximum atomic E-state index is 12.4. The first-order valence-electron chi connectivity index (χ1n) is 9.14. The summed E-state index contributed by atoms with van der Waals surface area (Å²) < 4.78 is 7.15. The molecule has 1 N–H and O–H groups in total. The maximum absolute atomic E-state index is 12.4. The van der Waals surface area contributed by atoms with Gasteiger partial charge in [0.25, 0.3) is 0 Å². The van der Waals surface area contributed by atoms with Gasteiger partial charge in [0.15, 0.2) is 10.3 Å². The molecule has 0 bridgehead atoms. The van der Waals surface area contributed by atoms with Crippen molar-refractivity contribution in [2.24, 2.45) is 0 Å². The van der Waals surface area contributed by atoms with E-state index >= 15 is 0 Å². The number of benzene rings is 1. The lowest BCUT2D eigenvalue weighted by Gasteiger charge is -2.05. The lowest BCUT2D eigenvalue weighted by Crippen LogP contribution is -2.14. The van der Waals surface area contributed by atoms with E-state index in [2.05, 4.69) is 31.9 Å². The Labute approximate surface area is 186 Å². The zero-order chi connectivity index (χ0) is 20.8. The molecule has 0 saturated heterocycles. The van der Waals surface area contributed by atoms with E-state index in [1.165, 1.54) is 28.0 Å². The Morgan fingerprint density at radius 3 is 2.87 bits per heavy atom. The number of aryl methyl sites for hydroxylation is 2. The van der Waals surface area contributed by atoms with Gasteiger partial charge in [-0.2, -0.15) is 0 Å². The number of hydrogen-bond acceptors (Lipinski definition) is 8. The van der Waals surface area contributed by atoms with Crippen molar-refractivity contribution >= 4 is 45.5 Å². The van der Waals surface area contributed by atoms with Gasteiger partial charge in [0, 0.05) is 22.4 Å². The van der Waals surface area contributed by atoms with Crippen LogP contribution in [0.15, 0.2) is 58.6 Å². The Bertz CT molecular complexity index is 1090. The number of ether oxygens (including phenoxy) is 1. The number of thiophene rings is 1. The number of thiazole rings is 1. The van der Waals surface area contributed by atoms with Crippen molar-refractivity contribution in [2.75, 3.05) is 18.2 Å². The molecule has 0 unspecified atom stereocenters. The summed E-state index contributed by atoms with van der Waals surface area (Å²) in [6.45, 7) is 0.787. The number of hydrogen-bond donors (Lipinski definition) is 1. The first kappa shape index (κ1) is 20.6. The van der Waals surface area contributed by atoms with Gasteiger partial charge in [-0.1, -0.05) is 17.8 Å². The fourth-order valence-electron chi connectivity index (χ4n) is 2.71. The fourth-order valence-corrected chi connectivity index (χ4v) is 4.88. The van der Waals surface area contributed by atoms with Gasteiger partial charge in [-0.3, -0.25) is 4.79 Å². The van der Waals surface area contributed by atoms with Crippen molar-refractivity contribution in [3.05, 3.63) is 58.4 Å². The molecule has 0 aliphatic heterocycles. The van der Waals surface area contributed by atoms with Gasteiger partial charge in [-0.15, -0.1) is 32.9 Å². The van der Waals surface area contributed by atoms with Gasteiger partial charge in [0.2, 0.25) is 5.91 Å². The third-order valence-electron chi connectivity index (χ3n) is 4.23. The standard InChI is InChI=1S/C20H19N5O2S3/c1-27-15-6-4-14(5-7-15)17-11-29-19(22-17)23-18(26)12-30-20-24-21-13-25(20)9-8-16-3-2-10-28-16/h2-7,10-11,13H,8-9,12H2,1H3,(H,22,23,26). The van der Waals surface area contributed by atoms with Crippen LogP contribution in [0.1, 0.15) is 4.88 Å². The second-order valence-electron chi connectivity index (χ2n) is 6.24. The third kappa shape index (κ3) is 5.26. The molecule has 154 valence electrons. The maximum Gasteiger partial charge on any atom is 0.236 e. The van der Waals surface area contributed by atoms with E-state index in [9.17, 15) is 4.79 Å². The number of nitrogens with one attached hydrogen (secondary N) is 1. The van der Waals surface area contributed by atoms with E-state index in [0.29, 0.717) is 5.13 Å². The highest BCUT2D eigenvalue weighted by Crippen LogP contribution is 2.26. The third-order valence-corrected chi connectivity index (χ3v) is 6.90. The van der Waals surface area contributed by atoms with Gasteiger partial charge in [-0.25, -0.2) is 4.98 Å². The zero-order valence-electron chi connectivity index (χ0n) is 16.1. The molecule has 0 radical (unpaired) electrons. The lowest BCUT2D eigenvalue weighted by molar-refractivity contribution is -0.113. The molecule has 4 rings (SSSR count). The van der Waals surface area contributed by atoms with E-state index in [1.54, 1.807) is 24.8 Å². The van der Waals surface area contributed by atoms with Crippen LogP contribution >= 0.6 is 34.4 Å². The van der Waals surface area contributed by atoms with Crippen molar-refractivity contribution in [1.29, 1.82) is 0 Å². The first-order chi connectivity index (χ1) is 14.7. The molecule has 10 heteroatoms. The fraction of sp³-hybridized carbons (Fsp3) is 0.200. The molecule has 1 aromatic carbocycles. The topological polar surface area (TPSA) is 81.9 Å². The number of methoxy groups -OCH3 is 1. The average Bonchev–Trinajstić information content (AvgIpc) is 3.53. The minimum Gasteiger partial charge on any atom is -0.497 e. The Balaban J connectivity index is 1.29. The molecular formula is C20H19N5O2S3. The summed E-state index contributed by atoms with van der Waals surface area (Å²) in [4.78, 5) is 18.2.